The molecule has 0 radical (unpaired) electrons. The quantitative estimate of drug-likeness (QED) is 0.357. The van der Waals surface area contributed by atoms with Gasteiger partial charge >= 0.3 is 0 Å². The van der Waals surface area contributed by atoms with Crippen molar-refractivity contribution in [1.82, 2.24) is 14.9 Å². The van der Waals surface area contributed by atoms with E-state index >= 15 is 0 Å². The number of carbonyl (C=O) groups is 3. The molecular weight excluding hydrogens is 463 g/mol. The summed E-state index contributed by atoms with van der Waals surface area (Å²) < 4.78 is 19.6. The van der Waals surface area contributed by atoms with Crippen LogP contribution in [0.15, 0.2) is 54.7 Å². The van der Waals surface area contributed by atoms with Crippen molar-refractivity contribution in [3.05, 3.63) is 82.5 Å². The van der Waals surface area contributed by atoms with Gasteiger partial charge in [-0.25, -0.2) is 9.37 Å². The molecule has 176 valence electrons. The van der Waals surface area contributed by atoms with Crippen molar-refractivity contribution in [1.29, 1.82) is 0 Å². The highest BCUT2D eigenvalue weighted by Gasteiger charge is 2.24. The first-order chi connectivity index (χ1) is 16.2. The van der Waals surface area contributed by atoms with Crippen LogP contribution in [0.5, 0.6) is 5.88 Å². The van der Waals surface area contributed by atoms with Crippen molar-refractivity contribution >= 4 is 34.9 Å². The molecule has 0 atom stereocenters. The number of amides is 2. The van der Waals surface area contributed by atoms with Crippen molar-refractivity contribution in [3.8, 4) is 5.88 Å². The number of halogens is 2. The topological polar surface area (TPSA) is 92.7 Å². The maximum atomic E-state index is 14.6. The molecule has 8 nitrogen and oxygen atoms in total. The Hall–Kier alpha value is -3.85. The van der Waals surface area contributed by atoms with E-state index in [0.717, 1.165) is 0 Å². The Labute approximate surface area is 200 Å². The Morgan fingerprint density at radius 2 is 1.82 bits per heavy atom. The van der Waals surface area contributed by atoms with Gasteiger partial charge < -0.3 is 14.5 Å². The second-order valence-corrected chi connectivity index (χ2v) is 7.87. The summed E-state index contributed by atoms with van der Waals surface area (Å²) >= 11 is 5.91. The number of carbonyl (C=O) groups excluding carboxylic acids is 3. The lowest BCUT2D eigenvalue weighted by molar-refractivity contribution is -0.117. The van der Waals surface area contributed by atoms with E-state index in [4.69, 9.17) is 16.3 Å². The molecule has 34 heavy (non-hydrogen) atoms. The number of aromatic nitrogens is 2. The zero-order valence-electron chi connectivity index (χ0n) is 18.8. The fraction of sp³-hybridized carbons (Fsp3) is 0.208. The van der Waals surface area contributed by atoms with Crippen molar-refractivity contribution in [2.45, 2.75) is 13.0 Å². The van der Waals surface area contributed by atoms with Crippen molar-refractivity contribution in [2.24, 2.45) is 0 Å². The number of hydrogen-bond acceptors (Lipinski definition) is 6. The van der Waals surface area contributed by atoms with Crippen molar-refractivity contribution in [3.63, 3.8) is 0 Å². The van der Waals surface area contributed by atoms with E-state index in [1.807, 2.05) is 0 Å². The molecule has 1 heterocycles. The molecule has 0 saturated carbocycles. The Morgan fingerprint density at radius 1 is 1.09 bits per heavy atom. The van der Waals surface area contributed by atoms with Gasteiger partial charge in [0.2, 0.25) is 17.6 Å². The molecule has 0 bridgehead atoms. The Morgan fingerprint density at radius 3 is 2.53 bits per heavy atom. The minimum absolute atomic E-state index is 0.0951. The maximum absolute atomic E-state index is 14.6. The second kappa shape index (κ2) is 10.8. The molecule has 1 aromatic heterocycles. The van der Waals surface area contributed by atoms with Gasteiger partial charge in [-0.15, -0.1) is 0 Å². The van der Waals surface area contributed by atoms with Crippen LogP contribution in [0.1, 0.15) is 33.0 Å². The molecule has 3 rings (SSSR count). The van der Waals surface area contributed by atoms with Crippen LogP contribution in [0.4, 0.5) is 10.1 Å². The lowest BCUT2D eigenvalue weighted by Gasteiger charge is -2.24. The van der Waals surface area contributed by atoms with Gasteiger partial charge in [-0.1, -0.05) is 29.8 Å². The summed E-state index contributed by atoms with van der Waals surface area (Å²) in [6, 6.07) is 12.2. The summed E-state index contributed by atoms with van der Waals surface area (Å²) in [6.07, 6.45) is 0.764. The molecule has 0 aliphatic rings. The number of ketones is 1. The molecule has 0 fully saturated rings. The number of benzene rings is 2. The molecule has 0 saturated heterocycles. The average molecular weight is 485 g/mol. The SMILES string of the molecule is COc1ccnc(C(=O)CC(=O)N(Cc2cccc(Cl)c2F)c2cccc(C(=O)N(C)C)c2)n1. The number of methoxy groups -OCH3 is 1. The Kier molecular flexibility index (Phi) is 7.91. The van der Waals surface area contributed by atoms with Gasteiger partial charge in [0.25, 0.3) is 5.91 Å². The number of Topliss-reactive ketones (excluding diaryl/α,β-unsaturated/α-hetero) is 1. The van der Waals surface area contributed by atoms with Crippen LogP contribution in [-0.2, 0) is 11.3 Å². The second-order valence-electron chi connectivity index (χ2n) is 7.47. The monoisotopic (exact) mass is 484 g/mol. The predicted octanol–water partition coefficient (Wildman–Crippen LogP) is 3.79. The first-order valence-electron chi connectivity index (χ1n) is 10.2. The van der Waals surface area contributed by atoms with E-state index in [1.165, 1.54) is 47.4 Å². The summed E-state index contributed by atoms with van der Waals surface area (Å²) in [5.41, 5.74) is 0.793. The fourth-order valence-electron chi connectivity index (χ4n) is 3.13. The highest BCUT2D eigenvalue weighted by molar-refractivity contribution is 6.30. The lowest BCUT2D eigenvalue weighted by Crippen LogP contribution is -2.33. The summed E-state index contributed by atoms with van der Waals surface area (Å²) in [7, 11) is 4.60. The smallest absolute Gasteiger partial charge is 0.253 e. The minimum Gasteiger partial charge on any atom is -0.481 e. The largest absolute Gasteiger partial charge is 0.481 e. The van der Waals surface area contributed by atoms with Crippen LogP contribution < -0.4 is 9.64 Å². The summed E-state index contributed by atoms with van der Waals surface area (Å²) in [5.74, 6) is -2.23. The molecule has 2 aromatic carbocycles. The number of rotatable bonds is 8. The van der Waals surface area contributed by atoms with Gasteiger partial charge in [-0.3, -0.25) is 14.4 Å². The third-order valence-electron chi connectivity index (χ3n) is 4.87. The van der Waals surface area contributed by atoms with Gasteiger partial charge in [0, 0.05) is 43.2 Å². The van der Waals surface area contributed by atoms with Gasteiger partial charge in [0.05, 0.1) is 25.1 Å². The molecule has 0 N–H and O–H groups in total. The number of nitrogens with zero attached hydrogens (tertiary/aromatic N) is 4. The molecule has 0 spiro atoms. The third kappa shape index (κ3) is 5.74. The maximum Gasteiger partial charge on any atom is 0.253 e. The fourth-order valence-corrected chi connectivity index (χ4v) is 3.33. The lowest BCUT2D eigenvalue weighted by atomic mass is 10.1. The van der Waals surface area contributed by atoms with E-state index in [-0.39, 0.29) is 34.7 Å². The zero-order chi connectivity index (χ0) is 24.8. The van der Waals surface area contributed by atoms with Crippen LogP contribution in [0.3, 0.4) is 0 Å². The van der Waals surface area contributed by atoms with Crippen LogP contribution >= 0.6 is 11.6 Å². The van der Waals surface area contributed by atoms with E-state index < -0.39 is 23.9 Å². The van der Waals surface area contributed by atoms with Crippen LogP contribution in [0.2, 0.25) is 5.02 Å². The highest BCUT2D eigenvalue weighted by atomic mass is 35.5. The standard InChI is InChI=1S/C24H22ClFN4O4/c1-29(2)24(33)15-6-4-8-17(12-15)30(14-16-7-5-9-18(25)22(16)26)21(32)13-19(31)23-27-11-10-20(28-23)34-3/h4-12H,13-14H2,1-3H3. The predicted molar refractivity (Wildman–Crippen MR) is 125 cm³/mol. The molecule has 0 aliphatic carbocycles. The van der Waals surface area contributed by atoms with Gasteiger partial charge in [-0.2, -0.15) is 4.98 Å². The Bertz CT molecular complexity index is 1240. The molecule has 0 unspecified atom stereocenters. The molecule has 2 amide bonds. The van der Waals surface area contributed by atoms with E-state index in [9.17, 15) is 18.8 Å². The van der Waals surface area contributed by atoms with Crippen LogP contribution in [0.25, 0.3) is 0 Å². The summed E-state index contributed by atoms with van der Waals surface area (Å²) in [4.78, 5) is 48.9. The van der Waals surface area contributed by atoms with Gasteiger partial charge in [0.15, 0.2) is 5.82 Å². The average Bonchev–Trinajstić information content (AvgIpc) is 2.84. The third-order valence-corrected chi connectivity index (χ3v) is 5.16. The van der Waals surface area contributed by atoms with E-state index in [0.29, 0.717) is 11.3 Å². The minimum atomic E-state index is -0.676. The van der Waals surface area contributed by atoms with Crippen molar-refractivity contribution < 1.29 is 23.5 Å². The normalized spacial score (nSPS) is 10.5. The molecule has 3 aromatic rings. The van der Waals surface area contributed by atoms with Crippen LogP contribution in [0, 0.1) is 5.82 Å². The van der Waals surface area contributed by atoms with Gasteiger partial charge in [0.1, 0.15) is 5.82 Å². The first-order valence-corrected chi connectivity index (χ1v) is 10.5. The molecule has 10 heteroatoms. The highest BCUT2D eigenvalue weighted by Crippen LogP contribution is 2.25. The zero-order valence-corrected chi connectivity index (χ0v) is 19.5. The van der Waals surface area contributed by atoms with E-state index in [1.54, 1.807) is 38.4 Å². The van der Waals surface area contributed by atoms with Gasteiger partial charge in [-0.05, 0) is 24.3 Å². The number of hydrogen-bond donors (Lipinski definition) is 0. The number of ether oxygens (including phenoxy) is 1. The van der Waals surface area contributed by atoms with Crippen LogP contribution in [-0.4, -0.2) is 53.7 Å². The molecule has 0 aliphatic heterocycles. The summed E-state index contributed by atoms with van der Waals surface area (Å²) in [5, 5.41) is -0.0951. The van der Waals surface area contributed by atoms with E-state index in [2.05, 4.69) is 9.97 Å². The van der Waals surface area contributed by atoms with Crippen molar-refractivity contribution in [2.75, 3.05) is 26.1 Å². The first kappa shape index (κ1) is 24.8. The number of anilines is 1. The molecular formula is C24H22ClFN4O4. The summed E-state index contributed by atoms with van der Waals surface area (Å²) in [6.45, 7) is -0.211. The Balaban J connectivity index is 1.96.